The molecule has 0 spiro atoms. The van der Waals surface area contributed by atoms with Gasteiger partial charge in [0.15, 0.2) is 0 Å². The lowest BCUT2D eigenvalue weighted by Crippen LogP contribution is -2.22. The van der Waals surface area contributed by atoms with E-state index in [1.807, 2.05) is 0 Å². The van der Waals surface area contributed by atoms with Gasteiger partial charge in [0.05, 0.1) is 6.10 Å². The van der Waals surface area contributed by atoms with Gasteiger partial charge in [-0.2, -0.15) is 0 Å². The molecule has 0 rings (SSSR count). The summed E-state index contributed by atoms with van der Waals surface area (Å²) in [5, 5.41) is 0.245. The van der Waals surface area contributed by atoms with Gasteiger partial charge >= 0.3 is 0 Å². The maximum absolute atomic E-state index is 6.20. The van der Waals surface area contributed by atoms with Crippen molar-refractivity contribution in [2.24, 2.45) is 5.41 Å². The van der Waals surface area contributed by atoms with Gasteiger partial charge < -0.3 is 4.74 Å². The highest BCUT2D eigenvalue weighted by atomic mass is 35.5. The van der Waals surface area contributed by atoms with E-state index in [1.54, 1.807) is 7.11 Å². The Morgan fingerprint density at radius 2 is 1.75 bits per heavy atom. The summed E-state index contributed by atoms with van der Waals surface area (Å²) in [7, 11) is 1.74. The molecule has 0 amide bonds. The second-order valence-corrected chi connectivity index (χ2v) is 4.98. The second-order valence-electron chi connectivity index (χ2n) is 4.46. The summed E-state index contributed by atoms with van der Waals surface area (Å²) >= 11 is 6.20. The summed E-state index contributed by atoms with van der Waals surface area (Å²) in [6, 6.07) is 0. The van der Waals surface area contributed by atoms with Crippen LogP contribution in [0.1, 0.15) is 40.5 Å². The van der Waals surface area contributed by atoms with E-state index in [4.69, 9.17) is 16.3 Å². The molecule has 74 valence electrons. The first-order valence-corrected chi connectivity index (χ1v) is 4.98. The average Bonchev–Trinajstić information content (AvgIpc) is 1.97. The number of hydrogen-bond donors (Lipinski definition) is 0. The summed E-state index contributed by atoms with van der Waals surface area (Å²) in [6.07, 6.45) is 2.40. The standard InChI is InChI=1S/C10H21ClO/c1-8(12-5)6-7-9(11)10(2,3)4/h8-9H,6-7H2,1-5H3. The van der Waals surface area contributed by atoms with Gasteiger partial charge in [0.2, 0.25) is 0 Å². The maximum Gasteiger partial charge on any atom is 0.0543 e. The lowest BCUT2D eigenvalue weighted by molar-refractivity contribution is 0.106. The monoisotopic (exact) mass is 192 g/mol. The van der Waals surface area contributed by atoms with Gasteiger partial charge in [-0.1, -0.05) is 20.8 Å². The van der Waals surface area contributed by atoms with Crippen molar-refractivity contribution >= 4 is 11.6 Å². The third kappa shape index (κ3) is 5.00. The molecule has 0 fully saturated rings. The molecule has 0 saturated heterocycles. The Morgan fingerprint density at radius 1 is 1.25 bits per heavy atom. The van der Waals surface area contributed by atoms with E-state index in [0.717, 1.165) is 12.8 Å². The number of methoxy groups -OCH3 is 1. The molecule has 0 aromatic carbocycles. The molecular weight excluding hydrogens is 172 g/mol. The summed E-state index contributed by atoms with van der Waals surface area (Å²) in [4.78, 5) is 0. The Hall–Kier alpha value is 0.250. The third-order valence-corrected chi connectivity index (χ3v) is 3.04. The van der Waals surface area contributed by atoms with Crippen molar-refractivity contribution in [3.8, 4) is 0 Å². The zero-order chi connectivity index (χ0) is 9.78. The van der Waals surface area contributed by atoms with Crippen LogP contribution < -0.4 is 0 Å². The number of ether oxygens (including phenoxy) is 1. The van der Waals surface area contributed by atoms with E-state index in [0.29, 0.717) is 6.10 Å². The first-order valence-electron chi connectivity index (χ1n) is 4.54. The second kappa shape index (κ2) is 5.08. The summed E-state index contributed by atoms with van der Waals surface area (Å²) in [6.45, 7) is 8.58. The fourth-order valence-corrected chi connectivity index (χ4v) is 1.06. The van der Waals surface area contributed by atoms with Gasteiger partial charge in [-0.05, 0) is 25.2 Å². The predicted octanol–water partition coefficient (Wildman–Crippen LogP) is 3.46. The molecule has 2 unspecified atom stereocenters. The summed E-state index contributed by atoms with van der Waals surface area (Å²) < 4.78 is 5.15. The van der Waals surface area contributed by atoms with Crippen LogP contribution in [0.25, 0.3) is 0 Å². The molecule has 0 aliphatic carbocycles. The Kier molecular flexibility index (Phi) is 5.19. The van der Waals surface area contributed by atoms with Gasteiger partial charge in [0.1, 0.15) is 0 Å². The first kappa shape index (κ1) is 12.2. The van der Waals surface area contributed by atoms with Crippen molar-refractivity contribution in [1.29, 1.82) is 0 Å². The Labute approximate surface area is 81.4 Å². The number of rotatable bonds is 4. The van der Waals surface area contributed by atoms with Crippen molar-refractivity contribution in [2.45, 2.75) is 52.0 Å². The minimum absolute atomic E-state index is 0.203. The molecule has 0 aliphatic rings. The highest BCUT2D eigenvalue weighted by molar-refractivity contribution is 6.21. The topological polar surface area (TPSA) is 9.23 Å². The highest BCUT2D eigenvalue weighted by Crippen LogP contribution is 2.28. The molecule has 0 bridgehead atoms. The fraction of sp³-hybridized carbons (Fsp3) is 1.00. The number of alkyl halides is 1. The van der Waals surface area contributed by atoms with Crippen LogP contribution in [0.5, 0.6) is 0 Å². The van der Waals surface area contributed by atoms with E-state index in [1.165, 1.54) is 0 Å². The SMILES string of the molecule is COC(C)CCC(Cl)C(C)(C)C. The smallest absolute Gasteiger partial charge is 0.0543 e. The Bertz CT molecular complexity index is 117. The van der Waals surface area contributed by atoms with Gasteiger partial charge in [0.25, 0.3) is 0 Å². The van der Waals surface area contributed by atoms with Crippen molar-refractivity contribution < 1.29 is 4.74 Å². The van der Waals surface area contributed by atoms with Crippen LogP contribution in [0.2, 0.25) is 0 Å². The van der Waals surface area contributed by atoms with Crippen molar-refractivity contribution in [3.63, 3.8) is 0 Å². The fourth-order valence-electron chi connectivity index (χ4n) is 0.932. The predicted molar refractivity (Wildman–Crippen MR) is 54.8 cm³/mol. The van der Waals surface area contributed by atoms with Crippen LogP contribution in [0.4, 0.5) is 0 Å². The molecule has 0 radical (unpaired) electrons. The molecule has 1 nitrogen and oxygen atoms in total. The van der Waals surface area contributed by atoms with E-state index in [2.05, 4.69) is 27.7 Å². The number of halogens is 1. The minimum Gasteiger partial charge on any atom is -0.382 e. The summed E-state index contributed by atoms with van der Waals surface area (Å²) in [5.74, 6) is 0. The Morgan fingerprint density at radius 3 is 2.08 bits per heavy atom. The summed E-state index contributed by atoms with van der Waals surface area (Å²) in [5.41, 5.74) is 0.203. The third-order valence-electron chi connectivity index (χ3n) is 2.17. The largest absolute Gasteiger partial charge is 0.382 e. The van der Waals surface area contributed by atoms with E-state index in [9.17, 15) is 0 Å². The molecule has 0 aliphatic heterocycles. The molecule has 0 heterocycles. The zero-order valence-electron chi connectivity index (χ0n) is 8.86. The molecule has 0 aromatic heterocycles. The van der Waals surface area contributed by atoms with Gasteiger partial charge in [0, 0.05) is 12.5 Å². The van der Waals surface area contributed by atoms with Crippen LogP contribution in [-0.2, 0) is 4.74 Å². The lowest BCUT2D eigenvalue weighted by atomic mass is 9.88. The quantitative estimate of drug-likeness (QED) is 0.620. The van der Waals surface area contributed by atoms with E-state index < -0.39 is 0 Å². The van der Waals surface area contributed by atoms with Gasteiger partial charge in [-0.3, -0.25) is 0 Å². The van der Waals surface area contributed by atoms with Crippen molar-refractivity contribution in [1.82, 2.24) is 0 Å². The number of hydrogen-bond acceptors (Lipinski definition) is 1. The van der Waals surface area contributed by atoms with Crippen LogP contribution >= 0.6 is 11.6 Å². The van der Waals surface area contributed by atoms with Crippen LogP contribution in [0, 0.1) is 5.41 Å². The maximum atomic E-state index is 6.20. The van der Waals surface area contributed by atoms with Crippen molar-refractivity contribution in [3.05, 3.63) is 0 Å². The van der Waals surface area contributed by atoms with Gasteiger partial charge in [-0.25, -0.2) is 0 Å². The molecule has 12 heavy (non-hydrogen) atoms. The lowest BCUT2D eigenvalue weighted by Gasteiger charge is -2.25. The molecule has 2 atom stereocenters. The van der Waals surface area contributed by atoms with Crippen molar-refractivity contribution in [2.75, 3.05) is 7.11 Å². The molecule has 0 N–H and O–H groups in total. The highest BCUT2D eigenvalue weighted by Gasteiger charge is 2.22. The average molecular weight is 193 g/mol. The van der Waals surface area contributed by atoms with E-state index in [-0.39, 0.29) is 10.8 Å². The van der Waals surface area contributed by atoms with Crippen LogP contribution in [-0.4, -0.2) is 18.6 Å². The van der Waals surface area contributed by atoms with Gasteiger partial charge in [-0.15, -0.1) is 11.6 Å². The Balaban J connectivity index is 3.64. The van der Waals surface area contributed by atoms with Crippen LogP contribution in [0.3, 0.4) is 0 Å². The first-order chi connectivity index (χ1) is 5.38. The molecule has 0 saturated carbocycles. The molecular formula is C10H21ClO. The minimum atomic E-state index is 0.203. The molecule has 2 heteroatoms. The normalized spacial score (nSPS) is 17.5. The zero-order valence-corrected chi connectivity index (χ0v) is 9.61. The molecule has 0 aromatic rings. The van der Waals surface area contributed by atoms with E-state index >= 15 is 0 Å². The van der Waals surface area contributed by atoms with Crippen LogP contribution in [0.15, 0.2) is 0 Å².